The van der Waals surface area contributed by atoms with Crippen LogP contribution in [0.4, 0.5) is 0 Å². The number of amidine groups is 2. The second-order valence-electron chi connectivity index (χ2n) is 5.16. The van der Waals surface area contributed by atoms with Gasteiger partial charge in [0, 0.05) is 26.2 Å². The van der Waals surface area contributed by atoms with Gasteiger partial charge in [0.2, 0.25) is 0 Å². The molecule has 1 heterocycles. The summed E-state index contributed by atoms with van der Waals surface area (Å²) in [7, 11) is 0. The number of hydrogen-bond acceptors (Lipinski definition) is 6. The molecule has 0 radical (unpaired) electrons. The average molecular weight is 401 g/mol. The van der Waals surface area contributed by atoms with Crippen molar-refractivity contribution in [3.63, 3.8) is 0 Å². The Morgan fingerprint density at radius 2 is 1.19 bits per heavy atom. The molecule has 2 N–H and O–H groups in total. The van der Waals surface area contributed by atoms with E-state index in [1.807, 2.05) is 9.80 Å². The third-order valence-electron chi connectivity index (χ3n) is 3.18. The largest absolute Gasteiger partial charge is 0.481 e. The van der Waals surface area contributed by atoms with Crippen molar-refractivity contribution in [3.8, 4) is 0 Å². The van der Waals surface area contributed by atoms with E-state index in [1.54, 1.807) is 12.2 Å². The first kappa shape index (κ1) is 22.1. The van der Waals surface area contributed by atoms with Crippen LogP contribution in [0.3, 0.4) is 0 Å². The number of carboxylic acid groups (broad SMARTS) is 2. The summed E-state index contributed by atoms with van der Waals surface area (Å²) in [6.45, 7) is 10.8. The Kier molecular flexibility index (Phi) is 10.6. The van der Waals surface area contributed by atoms with Gasteiger partial charge in [-0.15, -0.1) is 13.2 Å². The molecule has 1 aliphatic rings. The van der Waals surface area contributed by atoms with Gasteiger partial charge < -0.3 is 20.0 Å². The highest BCUT2D eigenvalue weighted by Crippen LogP contribution is 2.16. The minimum absolute atomic E-state index is 0.0449. The summed E-state index contributed by atoms with van der Waals surface area (Å²) in [5.74, 6) is -1.86. The van der Waals surface area contributed by atoms with E-state index in [-0.39, 0.29) is 11.5 Å². The lowest BCUT2D eigenvalue weighted by Gasteiger charge is -2.37. The van der Waals surface area contributed by atoms with E-state index in [0.717, 1.165) is 0 Å². The van der Waals surface area contributed by atoms with Gasteiger partial charge in [0.15, 0.2) is 10.3 Å². The van der Waals surface area contributed by atoms with E-state index in [2.05, 4.69) is 23.1 Å². The normalized spacial score (nSPS) is 15.7. The first-order chi connectivity index (χ1) is 12.5. The van der Waals surface area contributed by atoms with E-state index in [9.17, 15) is 9.59 Å². The molecular formula is C16H24N4O4S2. The molecule has 0 aliphatic carbocycles. The zero-order valence-electron chi connectivity index (χ0n) is 14.5. The Morgan fingerprint density at radius 3 is 1.46 bits per heavy atom. The Bertz CT molecular complexity index is 523. The number of thioether (sulfide) groups is 2. The number of aliphatic carboxylic acids is 2. The van der Waals surface area contributed by atoms with E-state index in [0.29, 0.717) is 49.6 Å². The highest BCUT2D eigenvalue weighted by Gasteiger charge is 2.23. The first-order valence-corrected chi connectivity index (χ1v) is 9.94. The maximum absolute atomic E-state index is 10.8. The molecule has 0 atom stereocenters. The summed E-state index contributed by atoms with van der Waals surface area (Å²) < 4.78 is 0. The number of aliphatic imine (C=N–C) groups is 2. The van der Waals surface area contributed by atoms with Crippen molar-refractivity contribution in [1.29, 1.82) is 0 Å². The molecule has 10 heteroatoms. The molecule has 1 aliphatic heterocycles. The van der Waals surface area contributed by atoms with Crippen LogP contribution in [0.15, 0.2) is 35.3 Å². The van der Waals surface area contributed by atoms with Crippen molar-refractivity contribution >= 4 is 45.8 Å². The summed E-state index contributed by atoms with van der Waals surface area (Å²) in [4.78, 5) is 34.5. The SMILES string of the molecule is C=CCN=C(SCC(=O)O)N1CCN(C(=NCC=C)SCC(=O)O)CC1. The van der Waals surface area contributed by atoms with Gasteiger partial charge in [-0.2, -0.15) is 0 Å². The number of hydrogen-bond donors (Lipinski definition) is 2. The molecule has 0 aromatic carbocycles. The van der Waals surface area contributed by atoms with Crippen LogP contribution in [0, 0.1) is 0 Å². The van der Waals surface area contributed by atoms with Crippen LogP contribution in [0.25, 0.3) is 0 Å². The van der Waals surface area contributed by atoms with E-state index >= 15 is 0 Å². The molecule has 144 valence electrons. The topological polar surface area (TPSA) is 106 Å². The molecule has 1 saturated heterocycles. The Balaban J connectivity index is 2.70. The Labute approximate surface area is 161 Å². The van der Waals surface area contributed by atoms with Crippen LogP contribution < -0.4 is 0 Å². The minimum atomic E-state index is -0.885. The fourth-order valence-electron chi connectivity index (χ4n) is 2.10. The quantitative estimate of drug-likeness (QED) is 0.357. The lowest BCUT2D eigenvalue weighted by atomic mass is 10.3. The van der Waals surface area contributed by atoms with Crippen molar-refractivity contribution in [3.05, 3.63) is 25.3 Å². The molecule has 0 spiro atoms. The molecule has 0 aromatic rings. The molecule has 1 rings (SSSR count). The van der Waals surface area contributed by atoms with Gasteiger partial charge in [0.1, 0.15) is 0 Å². The maximum atomic E-state index is 10.8. The maximum Gasteiger partial charge on any atom is 0.313 e. The third-order valence-corrected chi connectivity index (χ3v) is 5.26. The predicted molar refractivity (Wildman–Crippen MR) is 108 cm³/mol. The fourth-order valence-corrected chi connectivity index (χ4v) is 3.67. The fraction of sp³-hybridized carbons (Fsp3) is 0.500. The van der Waals surface area contributed by atoms with Gasteiger partial charge in [-0.3, -0.25) is 19.6 Å². The minimum Gasteiger partial charge on any atom is -0.481 e. The molecule has 1 fully saturated rings. The molecule has 8 nitrogen and oxygen atoms in total. The molecular weight excluding hydrogens is 376 g/mol. The van der Waals surface area contributed by atoms with Crippen LogP contribution >= 0.6 is 23.5 Å². The van der Waals surface area contributed by atoms with Crippen molar-refractivity contribution in [2.75, 3.05) is 50.8 Å². The van der Waals surface area contributed by atoms with Crippen molar-refractivity contribution in [2.24, 2.45) is 9.98 Å². The Hall–Kier alpha value is -1.94. The van der Waals surface area contributed by atoms with Gasteiger partial charge >= 0.3 is 11.9 Å². The van der Waals surface area contributed by atoms with Gasteiger partial charge in [-0.25, -0.2) is 0 Å². The molecule has 26 heavy (non-hydrogen) atoms. The number of nitrogens with zero attached hydrogens (tertiary/aromatic N) is 4. The zero-order valence-corrected chi connectivity index (χ0v) is 16.2. The number of carboxylic acids is 2. The third kappa shape index (κ3) is 8.43. The Morgan fingerprint density at radius 1 is 0.846 bits per heavy atom. The summed E-state index contributed by atoms with van der Waals surface area (Å²) >= 11 is 2.39. The van der Waals surface area contributed by atoms with E-state index in [4.69, 9.17) is 10.2 Å². The number of piperazine rings is 1. The number of rotatable bonds is 8. The van der Waals surface area contributed by atoms with Crippen LogP contribution in [0.2, 0.25) is 0 Å². The predicted octanol–water partition coefficient (Wildman–Crippen LogP) is 1.32. The molecule has 0 amide bonds. The highest BCUT2D eigenvalue weighted by molar-refractivity contribution is 8.14. The van der Waals surface area contributed by atoms with Crippen LogP contribution in [-0.2, 0) is 9.59 Å². The average Bonchev–Trinajstić information content (AvgIpc) is 2.62. The van der Waals surface area contributed by atoms with E-state index in [1.165, 1.54) is 23.5 Å². The van der Waals surface area contributed by atoms with E-state index < -0.39 is 11.9 Å². The van der Waals surface area contributed by atoms with Crippen molar-refractivity contribution in [2.45, 2.75) is 0 Å². The summed E-state index contributed by atoms with van der Waals surface area (Å²) in [6, 6.07) is 0. The van der Waals surface area contributed by atoms with Crippen LogP contribution in [-0.4, -0.2) is 93.1 Å². The lowest BCUT2D eigenvalue weighted by Crippen LogP contribution is -2.49. The van der Waals surface area contributed by atoms with Crippen LogP contribution in [0.1, 0.15) is 0 Å². The van der Waals surface area contributed by atoms with Crippen LogP contribution in [0.5, 0.6) is 0 Å². The first-order valence-electron chi connectivity index (χ1n) is 7.97. The summed E-state index contributed by atoms with van der Waals surface area (Å²) in [5.41, 5.74) is 0. The highest BCUT2D eigenvalue weighted by atomic mass is 32.2. The second kappa shape index (κ2) is 12.4. The van der Waals surface area contributed by atoms with Gasteiger partial charge in [0.25, 0.3) is 0 Å². The van der Waals surface area contributed by atoms with Gasteiger partial charge in [-0.1, -0.05) is 35.7 Å². The monoisotopic (exact) mass is 400 g/mol. The molecule has 0 unspecified atom stereocenters. The zero-order chi connectivity index (χ0) is 19.4. The molecule has 0 saturated carbocycles. The standard InChI is InChI=1S/C16H24N4O4S2/c1-3-5-17-15(25-11-13(21)22)19-7-9-20(10-8-19)16(18-6-4-2)26-12-14(23)24/h3-4H,1-2,5-12H2,(H,21,22)(H,23,24). The number of carbonyl (C=O) groups is 2. The van der Waals surface area contributed by atoms with Crippen molar-refractivity contribution in [1.82, 2.24) is 9.80 Å². The summed E-state index contributed by atoms with van der Waals surface area (Å²) in [5, 5.41) is 19.2. The van der Waals surface area contributed by atoms with Crippen molar-refractivity contribution < 1.29 is 19.8 Å². The van der Waals surface area contributed by atoms with Gasteiger partial charge in [-0.05, 0) is 0 Å². The lowest BCUT2D eigenvalue weighted by molar-refractivity contribution is -0.134. The van der Waals surface area contributed by atoms with Gasteiger partial charge in [0.05, 0.1) is 24.6 Å². The molecule has 0 aromatic heterocycles. The summed E-state index contributed by atoms with van der Waals surface area (Å²) in [6.07, 6.45) is 3.33. The second-order valence-corrected chi connectivity index (χ2v) is 7.05. The molecule has 0 bridgehead atoms. The smallest absolute Gasteiger partial charge is 0.313 e.